The average molecular weight is 1350 g/mol. The van der Waals surface area contributed by atoms with Crippen LogP contribution in [0.4, 0.5) is 15.3 Å². The Labute approximate surface area is 567 Å². The van der Waals surface area contributed by atoms with E-state index in [-0.39, 0.29) is 92.8 Å². The fraction of sp³-hybridized carbons (Fsp3) is 0.594. The number of anilines is 1. The summed E-state index contributed by atoms with van der Waals surface area (Å²) in [5.41, 5.74) is 5.56. The van der Waals surface area contributed by atoms with Gasteiger partial charge in [-0.3, -0.25) is 48.1 Å². The van der Waals surface area contributed by atoms with Crippen molar-refractivity contribution in [3.63, 3.8) is 0 Å². The van der Waals surface area contributed by atoms with E-state index >= 15 is 0 Å². The molecule has 26 nitrogen and oxygen atoms in total. The number of unbranched alkanes of at least 4 members (excludes halogenated alkanes) is 2. The minimum absolute atomic E-state index is 0.00790. The summed E-state index contributed by atoms with van der Waals surface area (Å²) >= 11 is 1.47. The lowest BCUT2D eigenvalue weighted by Crippen LogP contribution is -2.62. The van der Waals surface area contributed by atoms with Crippen molar-refractivity contribution >= 4 is 82.3 Å². The number of nitrogens with one attached hydrogen (secondary N) is 7. The van der Waals surface area contributed by atoms with Gasteiger partial charge in [-0.25, -0.2) is 14.6 Å². The lowest BCUT2D eigenvalue weighted by Gasteiger charge is -2.41. The van der Waals surface area contributed by atoms with E-state index in [0.29, 0.717) is 56.3 Å². The minimum Gasteiger partial charge on any atom is -0.445 e. The van der Waals surface area contributed by atoms with Crippen LogP contribution >= 0.6 is 11.3 Å². The topological polar surface area (TPSA) is 348 Å². The standard InChI is InChI=1S/C69H100N12O14S/c1-42(2)57(76-53(82)27-15-12-18-36-81-54(83)32-33-55(81)84)63(88)74-49(25-19-34-72-67(70)91)62(87)73-48-30-28-46(29-31-48)41-95-68(92)78-69(6,7)66(90)77-58(43(3)4)65(89)79(8)59(47-23-16-17-24-47)52(93-9)40-56(85)80-37-20-26-51(80)60(94-10)44(5)61(86)75-50(64-71-35-38-96-64)39-45-21-13-11-14-22-45/h11,13-14,21-22,28-33,35,38,42-44,47,49-52,57-60H,12,15-20,23-27,34,36-37,39-41H2,1-10H3,(H,73,87)(H,74,88)(H,75,86)(H,76,82)(H,77,90)(H,78,92)(H3,70,72,91)/t44-,49?,50+,51+,52-,57+,58+,59+,60-/m1/s1. The molecular weight excluding hydrogens is 1250 g/mol. The molecule has 12 amide bonds. The monoisotopic (exact) mass is 1350 g/mol. The Kier molecular flexibility index (Phi) is 29.8. The summed E-state index contributed by atoms with van der Waals surface area (Å²) < 4.78 is 17.8. The fourth-order valence-electron chi connectivity index (χ4n) is 12.7. The molecule has 1 aromatic heterocycles. The quantitative estimate of drug-likeness (QED) is 0.0244. The van der Waals surface area contributed by atoms with Gasteiger partial charge in [0.15, 0.2) is 0 Å². The first-order valence-electron chi connectivity index (χ1n) is 33.4. The van der Waals surface area contributed by atoms with Crippen molar-refractivity contribution in [3.8, 4) is 0 Å². The molecule has 9 atom stereocenters. The van der Waals surface area contributed by atoms with Crippen LogP contribution in [0.2, 0.25) is 0 Å². The Morgan fingerprint density at radius 2 is 1.44 bits per heavy atom. The number of carbonyl (C=O) groups excluding carboxylic acids is 11. The van der Waals surface area contributed by atoms with Gasteiger partial charge in [-0.15, -0.1) is 11.3 Å². The molecule has 2 aliphatic heterocycles. The third-order valence-electron chi connectivity index (χ3n) is 18.1. The molecule has 27 heteroatoms. The van der Waals surface area contributed by atoms with Gasteiger partial charge in [-0.05, 0) is 113 Å². The zero-order chi connectivity index (χ0) is 70.2. The number of methoxy groups -OCH3 is 2. The molecule has 0 bridgehead atoms. The van der Waals surface area contributed by atoms with Crippen molar-refractivity contribution in [2.45, 2.75) is 199 Å². The molecule has 96 heavy (non-hydrogen) atoms. The lowest BCUT2D eigenvalue weighted by atomic mass is 9.88. The number of hydrogen-bond acceptors (Lipinski definition) is 16. The van der Waals surface area contributed by atoms with Crippen molar-refractivity contribution in [2.75, 3.05) is 46.2 Å². The Morgan fingerprint density at radius 1 is 0.760 bits per heavy atom. The van der Waals surface area contributed by atoms with E-state index in [1.165, 1.54) is 44.4 Å². The van der Waals surface area contributed by atoms with Gasteiger partial charge in [-0.1, -0.05) is 96.3 Å². The van der Waals surface area contributed by atoms with Gasteiger partial charge in [0.2, 0.25) is 41.4 Å². The van der Waals surface area contributed by atoms with Crippen LogP contribution in [0.5, 0.6) is 0 Å². The number of hydrogen-bond donors (Lipinski definition) is 8. The van der Waals surface area contributed by atoms with Crippen molar-refractivity contribution in [2.24, 2.45) is 29.4 Å². The second-order valence-corrected chi connectivity index (χ2v) is 27.3. The number of nitrogens with two attached hydrogens (primary N) is 1. The molecule has 1 saturated heterocycles. The Bertz CT molecular complexity index is 3120. The molecule has 3 heterocycles. The number of alkyl carbamates (subject to hydrolysis) is 1. The van der Waals surface area contributed by atoms with Crippen LogP contribution in [-0.4, -0.2) is 174 Å². The van der Waals surface area contributed by atoms with E-state index in [4.69, 9.17) is 19.9 Å². The normalized spacial score (nSPS) is 17.4. The summed E-state index contributed by atoms with van der Waals surface area (Å²) in [6.07, 6.45) is 9.14. The van der Waals surface area contributed by atoms with E-state index in [1.54, 1.807) is 68.3 Å². The average Bonchev–Trinajstić information content (AvgIpc) is 1.45. The van der Waals surface area contributed by atoms with E-state index in [9.17, 15) is 52.7 Å². The van der Waals surface area contributed by atoms with E-state index in [2.05, 4.69) is 42.2 Å². The molecule has 3 aliphatic rings. The first-order valence-corrected chi connectivity index (χ1v) is 34.3. The lowest BCUT2D eigenvalue weighted by molar-refractivity contribution is -0.148. The maximum Gasteiger partial charge on any atom is 0.408 e. The number of rotatable bonds is 37. The summed E-state index contributed by atoms with van der Waals surface area (Å²) in [5, 5.41) is 22.2. The number of urea groups is 1. The van der Waals surface area contributed by atoms with Crippen molar-refractivity contribution < 1.29 is 67.0 Å². The van der Waals surface area contributed by atoms with Crippen molar-refractivity contribution in [1.82, 2.24) is 51.6 Å². The van der Waals surface area contributed by atoms with Gasteiger partial charge in [0, 0.05) is 76.7 Å². The number of likely N-dealkylation sites (N-methyl/N-ethyl adjacent to an activating group) is 1. The van der Waals surface area contributed by atoms with Gasteiger partial charge in [0.1, 0.15) is 35.3 Å². The molecule has 3 aromatic rings. The molecule has 526 valence electrons. The highest BCUT2D eigenvalue weighted by Crippen LogP contribution is 2.36. The second-order valence-electron chi connectivity index (χ2n) is 26.3. The van der Waals surface area contributed by atoms with Gasteiger partial charge >= 0.3 is 12.1 Å². The first kappa shape index (κ1) is 76.7. The zero-order valence-corrected chi connectivity index (χ0v) is 58.0. The number of likely N-dealkylation sites (tertiary alicyclic amines) is 1. The van der Waals surface area contributed by atoms with Crippen LogP contribution in [0.1, 0.15) is 154 Å². The van der Waals surface area contributed by atoms with Crippen LogP contribution in [0.3, 0.4) is 0 Å². The van der Waals surface area contributed by atoms with Crippen LogP contribution in [-0.2, 0) is 70.4 Å². The summed E-state index contributed by atoms with van der Waals surface area (Å²) in [5.74, 6) is -5.19. The number of aromatic nitrogens is 1. The SMILES string of the molecule is CO[C@H]([C@@H](C)C(=O)N[C@@H](Cc1ccccc1)c1nccs1)[C@@H]1CCCN1C(=O)C[C@@H](OC)[C@H](C1CCCC1)N(C)C(=O)[C@@H](NC(=O)C(C)(C)NC(=O)OCc1ccc(NC(=O)C(CCCNC(N)=O)NC(=O)[C@@H](NC(=O)CCCCCN2C(=O)C=CC2=O)C(C)C)cc1)C(C)C. The van der Waals surface area contributed by atoms with Crippen LogP contribution in [0.25, 0.3) is 0 Å². The summed E-state index contributed by atoms with van der Waals surface area (Å²) in [6, 6.07) is 11.0. The molecule has 0 radical (unpaired) electrons. The minimum atomic E-state index is -1.58. The number of imide groups is 1. The van der Waals surface area contributed by atoms with Gasteiger partial charge in [0.25, 0.3) is 11.8 Å². The number of benzene rings is 2. The highest BCUT2D eigenvalue weighted by atomic mass is 32.1. The first-order chi connectivity index (χ1) is 45.7. The Morgan fingerprint density at radius 3 is 2.05 bits per heavy atom. The molecule has 1 unspecified atom stereocenters. The Balaban J connectivity index is 1.01. The largest absolute Gasteiger partial charge is 0.445 e. The van der Waals surface area contributed by atoms with E-state index in [1.807, 2.05) is 56.5 Å². The van der Waals surface area contributed by atoms with Crippen LogP contribution < -0.4 is 43.0 Å². The second kappa shape index (κ2) is 37.3. The molecule has 2 fully saturated rings. The van der Waals surface area contributed by atoms with Crippen LogP contribution in [0, 0.1) is 23.7 Å². The molecule has 6 rings (SSSR count). The molecule has 1 saturated carbocycles. The predicted octanol–water partition coefficient (Wildman–Crippen LogP) is 5.95. The highest BCUT2D eigenvalue weighted by molar-refractivity contribution is 7.09. The van der Waals surface area contributed by atoms with Gasteiger partial charge in [-0.2, -0.15) is 0 Å². The molecule has 2 aromatic carbocycles. The maximum atomic E-state index is 14.9. The summed E-state index contributed by atoms with van der Waals surface area (Å²) in [4.78, 5) is 156. The van der Waals surface area contributed by atoms with Gasteiger partial charge in [0.05, 0.1) is 42.7 Å². The smallest absolute Gasteiger partial charge is 0.408 e. The van der Waals surface area contributed by atoms with Gasteiger partial charge < -0.3 is 67.0 Å². The van der Waals surface area contributed by atoms with Crippen LogP contribution in [0.15, 0.2) is 78.3 Å². The fourth-order valence-corrected chi connectivity index (χ4v) is 13.4. The summed E-state index contributed by atoms with van der Waals surface area (Å²) in [7, 11) is 4.78. The van der Waals surface area contributed by atoms with Crippen molar-refractivity contribution in [3.05, 3.63) is 94.5 Å². The molecule has 0 spiro atoms. The third kappa shape index (κ3) is 22.4. The molecular formula is C69H100N12O14S. The number of amides is 12. The van der Waals surface area contributed by atoms with E-state index < -0.39 is 95.5 Å². The zero-order valence-electron chi connectivity index (χ0n) is 57.2. The van der Waals surface area contributed by atoms with Crippen molar-refractivity contribution in [1.29, 1.82) is 0 Å². The number of carbonyl (C=O) groups is 11. The number of thiazole rings is 1. The number of ether oxygens (including phenoxy) is 3. The summed E-state index contributed by atoms with van der Waals surface area (Å²) in [6.45, 7) is 12.5. The van der Waals surface area contributed by atoms with E-state index in [0.717, 1.165) is 41.2 Å². The maximum absolute atomic E-state index is 14.9. The molecule has 1 aliphatic carbocycles. The number of primary amides is 1. The predicted molar refractivity (Wildman–Crippen MR) is 361 cm³/mol. The number of nitrogens with zero attached hydrogens (tertiary/aromatic N) is 4. The molecule has 9 N–H and O–H groups in total. The highest BCUT2D eigenvalue weighted by Gasteiger charge is 2.45. The third-order valence-corrected chi connectivity index (χ3v) is 19.0. The Hall–Kier alpha value is -8.30.